The Morgan fingerprint density at radius 2 is 1.90 bits per heavy atom. The number of benzene rings is 1. The minimum Gasteiger partial charge on any atom is -0.306 e. The summed E-state index contributed by atoms with van der Waals surface area (Å²) < 4.78 is 0. The molecule has 0 aliphatic rings. The van der Waals surface area contributed by atoms with Crippen molar-refractivity contribution in [1.82, 2.24) is 15.0 Å². The summed E-state index contributed by atoms with van der Waals surface area (Å²) >= 11 is 0. The largest absolute Gasteiger partial charge is 0.306 e. The molecule has 3 aromatic rings. The van der Waals surface area contributed by atoms with Gasteiger partial charge in [-0.3, -0.25) is 9.78 Å². The lowest BCUT2D eigenvalue weighted by Gasteiger charge is -2.07. The molecular formula is C17H17N3O. The molecule has 0 unspecified atom stereocenters. The minimum atomic E-state index is -0.0536. The molecule has 0 aliphatic heterocycles. The number of aromatic amines is 1. The van der Waals surface area contributed by atoms with Crippen molar-refractivity contribution in [1.29, 1.82) is 0 Å². The molecule has 0 atom stereocenters. The van der Waals surface area contributed by atoms with E-state index in [1.807, 2.05) is 51.1 Å². The van der Waals surface area contributed by atoms with Gasteiger partial charge in [0.2, 0.25) is 0 Å². The molecule has 2 heterocycles. The Hall–Kier alpha value is -2.49. The molecule has 4 heteroatoms. The molecule has 4 nitrogen and oxygen atoms in total. The smallest absolute Gasteiger partial charge is 0.254 e. The first-order valence-corrected chi connectivity index (χ1v) is 7.06. The average Bonchev–Trinajstić information content (AvgIpc) is 2.46. The molecule has 21 heavy (non-hydrogen) atoms. The summed E-state index contributed by atoms with van der Waals surface area (Å²) in [6, 6.07) is 9.92. The van der Waals surface area contributed by atoms with Crippen molar-refractivity contribution in [3.05, 3.63) is 57.6 Å². The summed E-state index contributed by atoms with van der Waals surface area (Å²) in [6.07, 6.45) is 0.690. The highest BCUT2D eigenvalue weighted by molar-refractivity contribution is 5.83. The lowest BCUT2D eigenvalue weighted by atomic mass is 10.1. The lowest BCUT2D eigenvalue weighted by Crippen LogP contribution is -2.16. The van der Waals surface area contributed by atoms with Gasteiger partial charge in [-0.2, -0.15) is 0 Å². The second kappa shape index (κ2) is 5.13. The molecule has 3 rings (SSSR count). The summed E-state index contributed by atoms with van der Waals surface area (Å²) in [5, 5.41) is 1.04. The molecule has 0 amide bonds. The standard InChI is InChI=1S/C17H17N3O/c1-4-14-11(3)19-16(20-17(14)21)13-7-8-15-12(9-13)6-5-10(2)18-15/h5-9H,4H2,1-3H3,(H,19,20,21). The lowest BCUT2D eigenvalue weighted by molar-refractivity contribution is 0.968. The first-order chi connectivity index (χ1) is 10.1. The molecule has 0 saturated carbocycles. The van der Waals surface area contributed by atoms with E-state index in [-0.39, 0.29) is 5.56 Å². The van der Waals surface area contributed by atoms with E-state index in [9.17, 15) is 4.79 Å². The molecule has 1 aromatic carbocycles. The van der Waals surface area contributed by atoms with Gasteiger partial charge in [0.1, 0.15) is 5.82 Å². The van der Waals surface area contributed by atoms with Gasteiger partial charge in [-0.05, 0) is 44.5 Å². The quantitative estimate of drug-likeness (QED) is 0.784. The highest BCUT2D eigenvalue weighted by Crippen LogP contribution is 2.21. The third kappa shape index (κ3) is 2.44. The fourth-order valence-electron chi connectivity index (χ4n) is 2.54. The van der Waals surface area contributed by atoms with Crippen LogP contribution in [0.25, 0.3) is 22.3 Å². The SMILES string of the molecule is CCc1c(C)nc(-c2ccc3nc(C)ccc3c2)[nH]c1=O. The maximum atomic E-state index is 12.1. The van der Waals surface area contributed by atoms with E-state index in [0.29, 0.717) is 12.2 Å². The van der Waals surface area contributed by atoms with Crippen LogP contribution < -0.4 is 5.56 Å². The van der Waals surface area contributed by atoms with Crippen molar-refractivity contribution in [3.63, 3.8) is 0 Å². The van der Waals surface area contributed by atoms with Gasteiger partial charge in [-0.1, -0.05) is 13.0 Å². The molecule has 0 saturated heterocycles. The van der Waals surface area contributed by atoms with Crippen molar-refractivity contribution >= 4 is 10.9 Å². The molecule has 2 aromatic heterocycles. The number of pyridine rings is 1. The minimum absolute atomic E-state index is 0.0536. The monoisotopic (exact) mass is 279 g/mol. The molecule has 0 aliphatic carbocycles. The van der Waals surface area contributed by atoms with Crippen LogP contribution in [0.4, 0.5) is 0 Å². The molecule has 1 N–H and O–H groups in total. The number of H-pyrrole nitrogens is 1. The molecule has 0 spiro atoms. The van der Waals surface area contributed by atoms with Crippen LogP contribution in [-0.2, 0) is 6.42 Å². The second-order valence-corrected chi connectivity index (χ2v) is 5.19. The van der Waals surface area contributed by atoms with E-state index >= 15 is 0 Å². The Bertz CT molecular complexity index is 881. The van der Waals surface area contributed by atoms with Crippen LogP contribution in [0.1, 0.15) is 23.9 Å². The van der Waals surface area contributed by atoms with E-state index in [4.69, 9.17) is 0 Å². The number of aromatic nitrogens is 3. The third-order valence-corrected chi connectivity index (χ3v) is 3.68. The maximum Gasteiger partial charge on any atom is 0.254 e. The van der Waals surface area contributed by atoms with Crippen LogP contribution in [-0.4, -0.2) is 15.0 Å². The van der Waals surface area contributed by atoms with Gasteiger partial charge in [0.05, 0.1) is 5.52 Å². The predicted molar refractivity (Wildman–Crippen MR) is 84.4 cm³/mol. The summed E-state index contributed by atoms with van der Waals surface area (Å²) in [4.78, 5) is 23.9. The summed E-state index contributed by atoms with van der Waals surface area (Å²) in [7, 11) is 0. The van der Waals surface area contributed by atoms with E-state index < -0.39 is 0 Å². The Labute approximate surface area is 122 Å². The zero-order chi connectivity index (χ0) is 15.0. The predicted octanol–water partition coefficient (Wildman–Crippen LogP) is 3.16. The number of nitrogens with zero attached hydrogens (tertiary/aromatic N) is 2. The Morgan fingerprint density at radius 1 is 1.10 bits per heavy atom. The number of rotatable bonds is 2. The zero-order valence-corrected chi connectivity index (χ0v) is 12.4. The summed E-state index contributed by atoms with van der Waals surface area (Å²) in [5.41, 5.74) is 4.32. The van der Waals surface area contributed by atoms with E-state index in [0.717, 1.165) is 33.4 Å². The van der Waals surface area contributed by atoms with Crippen molar-refractivity contribution < 1.29 is 0 Å². The van der Waals surface area contributed by atoms with Crippen molar-refractivity contribution in [2.45, 2.75) is 27.2 Å². The van der Waals surface area contributed by atoms with Crippen LogP contribution in [0.15, 0.2) is 35.1 Å². The van der Waals surface area contributed by atoms with Gasteiger partial charge < -0.3 is 4.98 Å². The van der Waals surface area contributed by atoms with Crippen LogP contribution in [0, 0.1) is 13.8 Å². The number of nitrogens with one attached hydrogen (secondary N) is 1. The third-order valence-electron chi connectivity index (χ3n) is 3.68. The fraction of sp³-hybridized carbons (Fsp3) is 0.235. The van der Waals surface area contributed by atoms with Crippen LogP contribution in [0.2, 0.25) is 0 Å². The van der Waals surface area contributed by atoms with Gasteiger partial charge >= 0.3 is 0 Å². The number of hydrogen-bond acceptors (Lipinski definition) is 3. The Morgan fingerprint density at radius 3 is 2.62 bits per heavy atom. The van der Waals surface area contributed by atoms with E-state index in [1.54, 1.807) is 0 Å². The number of fused-ring (bicyclic) bond motifs is 1. The molecule has 0 fully saturated rings. The summed E-state index contributed by atoms with van der Waals surface area (Å²) in [6.45, 7) is 5.81. The highest BCUT2D eigenvalue weighted by atomic mass is 16.1. The van der Waals surface area contributed by atoms with Gasteiger partial charge in [0, 0.05) is 27.9 Å². The van der Waals surface area contributed by atoms with Gasteiger partial charge in [-0.15, -0.1) is 0 Å². The van der Waals surface area contributed by atoms with Crippen LogP contribution in [0.5, 0.6) is 0 Å². The van der Waals surface area contributed by atoms with Gasteiger partial charge in [0.25, 0.3) is 5.56 Å². The first-order valence-electron chi connectivity index (χ1n) is 7.06. The number of hydrogen-bond donors (Lipinski definition) is 1. The van der Waals surface area contributed by atoms with Gasteiger partial charge in [-0.25, -0.2) is 4.98 Å². The first kappa shape index (κ1) is 13.5. The van der Waals surface area contributed by atoms with E-state index in [1.165, 1.54) is 0 Å². The Balaban J connectivity index is 2.16. The van der Waals surface area contributed by atoms with Crippen molar-refractivity contribution in [2.75, 3.05) is 0 Å². The molecule has 0 bridgehead atoms. The van der Waals surface area contributed by atoms with Crippen molar-refractivity contribution in [2.24, 2.45) is 0 Å². The topological polar surface area (TPSA) is 58.6 Å². The number of aryl methyl sites for hydroxylation is 2. The maximum absolute atomic E-state index is 12.1. The second-order valence-electron chi connectivity index (χ2n) is 5.19. The fourth-order valence-corrected chi connectivity index (χ4v) is 2.54. The Kier molecular flexibility index (Phi) is 3.29. The normalized spacial score (nSPS) is 11.0. The van der Waals surface area contributed by atoms with Gasteiger partial charge in [0.15, 0.2) is 0 Å². The van der Waals surface area contributed by atoms with Crippen LogP contribution >= 0.6 is 0 Å². The highest BCUT2D eigenvalue weighted by Gasteiger charge is 2.08. The average molecular weight is 279 g/mol. The molecule has 0 radical (unpaired) electrons. The van der Waals surface area contributed by atoms with E-state index in [2.05, 4.69) is 15.0 Å². The molecular weight excluding hydrogens is 262 g/mol. The summed E-state index contributed by atoms with van der Waals surface area (Å²) in [5.74, 6) is 0.608. The van der Waals surface area contributed by atoms with Crippen LogP contribution in [0.3, 0.4) is 0 Å². The molecule has 106 valence electrons. The van der Waals surface area contributed by atoms with Crippen molar-refractivity contribution in [3.8, 4) is 11.4 Å². The zero-order valence-electron chi connectivity index (χ0n) is 12.4.